The van der Waals surface area contributed by atoms with Crippen LogP contribution in [0.5, 0.6) is 0 Å². The van der Waals surface area contributed by atoms with E-state index in [1.807, 2.05) is 0 Å². The molecule has 0 aliphatic rings. The molecule has 0 saturated carbocycles. The minimum atomic E-state index is -1.24. The lowest BCUT2D eigenvalue weighted by atomic mass is 10.1. The van der Waals surface area contributed by atoms with Crippen LogP contribution >= 0.6 is 11.6 Å². The Bertz CT molecular complexity index is 334. The molecule has 0 amide bonds. The third-order valence-electron chi connectivity index (χ3n) is 1.64. The monoisotopic (exact) mass is 218 g/mol. The second-order valence-corrected chi connectivity index (χ2v) is 3.25. The van der Waals surface area contributed by atoms with Gasteiger partial charge < -0.3 is 10.2 Å². The lowest BCUT2D eigenvalue weighted by Gasteiger charge is -2.08. The van der Waals surface area contributed by atoms with E-state index in [1.165, 1.54) is 6.07 Å². The summed E-state index contributed by atoms with van der Waals surface area (Å²) in [5.41, 5.74) is 0.164. The van der Waals surface area contributed by atoms with E-state index in [1.54, 1.807) is 0 Å². The Hall–Kier alpha value is -1.13. The van der Waals surface area contributed by atoms with Gasteiger partial charge in [0.1, 0.15) is 5.82 Å². The molecule has 1 aromatic rings. The van der Waals surface area contributed by atoms with Gasteiger partial charge >= 0.3 is 5.97 Å². The number of hydrogen-bond acceptors (Lipinski definition) is 2. The molecule has 0 spiro atoms. The predicted molar refractivity (Wildman–Crippen MR) is 48.6 cm³/mol. The van der Waals surface area contributed by atoms with E-state index in [4.69, 9.17) is 16.7 Å². The van der Waals surface area contributed by atoms with Gasteiger partial charge in [-0.05, 0) is 23.8 Å². The number of aliphatic hydroxyl groups excluding tert-OH is 1. The van der Waals surface area contributed by atoms with Crippen molar-refractivity contribution in [2.24, 2.45) is 0 Å². The quantitative estimate of drug-likeness (QED) is 0.816. The topological polar surface area (TPSA) is 57.5 Å². The van der Waals surface area contributed by atoms with Crippen molar-refractivity contribution >= 4 is 17.6 Å². The van der Waals surface area contributed by atoms with Crippen LogP contribution in [0.4, 0.5) is 4.39 Å². The molecule has 0 bridgehead atoms. The molecule has 2 N–H and O–H groups in total. The maximum absolute atomic E-state index is 12.8. The normalized spacial score (nSPS) is 12.5. The first kappa shape index (κ1) is 10.9. The Morgan fingerprint density at radius 3 is 2.64 bits per heavy atom. The highest BCUT2D eigenvalue weighted by Crippen LogP contribution is 2.21. The molecule has 0 aromatic heterocycles. The number of aliphatic hydroxyl groups is 1. The SMILES string of the molecule is O=C(O)CC(O)c1cc(F)cc(Cl)c1. The number of aliphatic carboxylic acids is 1. The predicted octanol–water partition coefficient (Wildman–Crippen LogP) is 1.99. The third kappa shape index (κ3) is 2.97. The summed E-state index contributed by atoms with van der Waals surface area (Å²) in [6, 6.07) is 3.47. The van der Waals surface area contributed by atoms with Crippen LogP contribution in [-0.2, 0) is 4.79 Å². The zero-order valence-electron chi connectivity index (χ0n) is 7.08. The average Bonchev–Trinajstić information content (AvgIpc) is 2.00. The summed E-state index contributed by atoms with van der Waals surface area (Å²) in [7, 11) is 0. The smallest absolute Gasteiger partial charge is 0.306 e. The summed E-state index contributed by atoms with van der Waals surface area (Å²) in [4.78, 5) is 10.3. The molecule has 0 radical (unpaired) electrons. The number of hydrogen-bond donors (Lipinski definition) is 2. The first-order chi connectivity index (χ1) is 6.49. The van der Waals surface area contributed by atoms with E-state index in [9.17, 15) is 14.3 Å². The van der Waals surface area contributed by atoms with Gasteiger partial charge in [-0.2, -0.15) is 0 Å². The summed E-state index contributed by atoms with van der Waals surface area (Å²) in [6.07, 6.45) is -1.71. The second-order valence-electron chi connectivity index (χ2n) is 2.82. The van der Waals surface area contributed by atoms with Crippen LogP contribution < -0.4 is 0 Å². The van der Waals surface area contributed by atoms with Gasteiger partial charge in [-0.1, -0.05) is 11.6 Å². The molecule has 1 unspecified atom stereocenters. The number of carbonyl (C=O) groups is 1. The maximum atomic E-state index is 12.8. The zero-order valence-corrected chi connectivity index (χ0v) is 7.83. The summed E-state index contributed by atoms with van der Waals surface area (Å²) in [6.45, 7) is 0. The van der Waals surface area contributed by atoms with E-state index in [0.717, 1.165) is 12.1 Å². The van der Waals surface area contributed by atoms with Crippen molar-refractivity contribution in [2.75, 3.05) is 0 Å². The first-order valence-corrected chi connectivity index (χ1v) is 4.22. The number of benzene rings is 1. The lowest BCUT2D eigenvalue weighted by Crippen LogP contribution is -2.05. The van der Waals surface area contributed by atoms with Crippen molar-refractivity contribution in [3.05, 3.63) is 34.6 Å². The Balaban J connectivity index is 2.89. The molecule has 76 valence electrons. The second kappa shape index (κ2) is 4.39. The van der Waals surface area contributed by atoms with Crippen molar-refractivity contribution in [2.45, 2.75) is 12.5 Å². The molecule has 5 heteroatoms. The van der Waals surface area contributed by atoms with Crippen molar-refractivity contribution in [3.8, 4) is 0 Å². The van der Waals surface area contributed by atoms with E-state index in [-0.39, 0.29) is 10.6 Å². The van der Waals surface area contributed by atoms with Crippen LogP contribution in [0.2, 0.25) is 5.02 Å². The highest BCUT2D eigenvalue weighted by atomic mass is 35.5. The van der Waals surface area contributed by atoms with Crippen LogP contribution in [0.25, 0.3) is 0 Å². The molecule has 0 heterocycles. The van der Waals surface area contributed by atoms with E-state index in [2.05, 4.69) is 0 Å². The fraction of sp³-hybridized carbons (Fsp3) is 0.222. The summed E-state index contributed by atoms with van der Waals surface area (Å²) in [5, 5.41) is 17.9. The zero-order chi connectivity index (χ0) is 10.7. The van der Waals surface area contributed by atoms with Gasteiger partial charge in [-0.3, -0.25) is 4.79 Å². The van der Waals surface area contributed by atoms with Crippen molar-refractivity contribution in [1.82, 2.24) is 0 Å². The molecular weight excluding hydrogens is 211 g/mol. The number of carboxylic acids is 1. The molecule has 0 aliphatic heterocycles. The van der Waals surface area contributed by atoms with Crippen LogP contribution in [0.3, 0.4) is 0 Å². The van der Waals surface area contributed by atoms with Crippen molar-refractivity contribution in [1.29, 1.82) is 0 Å². The molecule has 14 heavy (non-hydrogen) atoms. The molecule has 0 fully saturated rings. The number of carboxylic acid groups (broad SMARTS) is 1. The van der Waals surface area contributed by atoms with E-state index < -0.39 is 24.3 Å². The largest absolute Gasteiger partial charge is 0.481 e. The first-order valence-electron chi connectivity index (χ1n) is 3.85. The Kier molecular flexibility index (Phi) is 3.43. The Morgan fingerprint density at radius 1 is 1.50 bits per heavy atom. The molecule has 0 saturated heterocycles. The van der Waals surface area contributed by atoms with Crippen LogP contribution in [-0.4, -0.2) is 16.2 Å². The third-order valence-corrected chi connectivity index (χ3v) is 1.86. The van der Waals surface area contributed by atoms with Gasteiger partial charge in [0.25, 0.3) is 0 Å². The average molecular weight is 219 g/mol. The highest BCUT2D eigenvalue weighted by Gasteiger charge is 2.13. The summed E-state index contributed by atoms with van der Waals surface area (Å²) < 4.78 is 12.8. The van der Waals surface area contributed by atoms with E-state index in [0.29, 0.717) is 0 Å². The minimum Gasteiger partial charge on any atom is -0.481 e. The standard InChI is InChI=1S/C9H8ClFO3/c10-6-1-5(2-7(11)3-6)8(12)4-9(13)14/h1-3,8,12H,4H2,(H,13,14). The molecule has 1 atom stereocenters. The van der Waals surface area contributed by atoms with Gasteiger partial charge in [-0.25, -0.2) is 4.39 Å². The van der Waals surface area contributed by atoms with Gasteiger partial charge in [0.2, 0.25) is 0 Å². The van der Waals surface area contributed by atoms with E-state index >= 15 is 0 Å². The maximum Gasteiger partial charge on any atom is 0.306 e. The molecule has 1 rings (SSSR count). The number of rotatable bonds is 3. The van der Waals surface area contributed by atoms with Crippen LogP contribution in [0.1, 0.15) is 18.1 Å². The minimum absolute atomic E-state index is 0.129. The van der Waals surface area contributed by atoms with Crippen molar-refractivity contribution in [3.63, 3.8) is 0 Å². The summed E-state index contributed by atoms with van der Waals surface area (Å²) >= 11 is 5.53. The molecule has 3 nitrogen and oxygen atoms in total. The van der Waals surface area contributed by atoms with Gasteiger partial charge in [-0.15, -0.1) is 0 Å². The van der Waals surface area contributed by atoms with Gasteiger partial charge in [0.05, 0.1) is 12.5 Å². The van der Waals surface area contributed by atoms with Gasteiger partial charge in [0, 0.05) is 5.02 Å². The molecule has 1 aromatic carbocycles. The Morgan fingerprint density at radius 2 is 2.14 bits per heavy atom. The Labute approximate surface area is 84.7 Å². The van der Waals surface area contributed by atoms with Gasteiger partial charge in [0.15, 0.2) is 0 Å². The molecule has 0 aliphatic carbocycles. The van der Waals surface area contributed by atoms with Crippen LogP contribution in [0.15, 0.2) is 18.2 Å². The fourth-order valence-corrected chi connectivity index (χ4v) is 1.28. The molecular formula is C9H8ClFO3. The summed E-state index contributed by atoms with van der Waals surface area (Å²) in [5.74, 6) is -1.75. The number of halogens is 2. The van der Waals surface area contributed by atoms with Crippen molar-refractivity contribution < 1.29 is 19.4 Å². The fourth-order valence-electron chi connectivity index (χ4n) is 1.05. The lowest BCUT2D eigenvalue weighted by molar-refractivity contribution is -0.139. The highest BCUT2D eigenvalue weighted by molar-refractivity contribution is 6.30. The van der Waals surface area contributed by atoms with Crippen LogP contribution in [0, 0.1) is 5.82 Å².